The topological polar surface area (TPSA) is 64.2 Å². The van der Waals surface area contributed by atoms with Gasteiger partial charge in [-0.05, 0) is 19.1 Å². The maximum absolute atomic E-state index is 11.6. The van der Waals surface area contributed by atoms with Gasteiger partial charge in [0.1, 0.15) is 11.4 Å². The number of ether oxygens (including phenoxy) is 2. The Hall–Kier alpha value is -2.30. The van der Waals surface area contributed by atoms with Gasteiger partial charge in [-0.1, -0.05) is 12.1 Å². The monoisotopic (exact) mass is 246 g/mol. The largest absolute Gasteiger partial charge is 0.494 e. The summed E-state index contributed by atoms with van der Waals surface area (Å²) in [7, 11) is 1.45. The SMILES string of the molecule is CCOc1cccc(-c2nc[nH]c(=O)c2OC)c1. The molecule has 0 aliphatic carbocycles. The second-order valence-corrected chi connectivity index (χ2v) is 3.57. The normalized spacial score (nSPS) is 10.1. The molecular weight excluding hydrogens is 232 g/mol. The zero-order valence-corrected chi connectivity index (χ0v) is 10.3. The number of aromatic nitrogens is 2. The molecule has 5 nitrogen and oxygen atoms in total. The fourth-order valence-corrected chi connectivity index (χ4v) is 1.68. The molecule has 0 radical (unpaired) electrons. The molecule has 0 fully saturated rings. The lowest BCUT2D eigenvalue weighted by molar-refractivity contribution is 0.340. The summed E-state index contributed by atoms with van der Waals surface area (Å²) in [4.78, 5) is 18.2. The third-order valence-corrected chi connectivity index (χ3v) is 2.43. The van der Waals surface area contributed by atoms with Crippen molar-refractivity contribution in [1.82, 2.24) is 9.97 Å². The van der Waals surface area contributed by atoms with Crippen molar-refractivity contribution < 1.29 is 9.47 Å². The van der Waals surface area contributed by atoms with E-state index in [1.54, 1.807) is 0 Å². The summed E-state index contributed by atoms with van der Waals surface area (Å²) in [6.07, 6.45) is 1.35. The number of aromatic amines is 1. The highest BCUT2D eigenvalue weighted by molar-refractivity contribution is 5.66. The van der Waals surface area contributed by atoms with Gasteiger partial charge >= 0.3 is 0 Å². The molecule has 18 heavy (non-hydrogen) atoms. The van der Waals surface area contributed by atoms with E-state index in [1.165, 1.54) is 13.4 Å². The second-order valence-electron chi connectivity index (χ2n) is 3.57. The fraction of sp³-hybridized carbons (Fsp3) is 0.231. The van der Waals surface area contributed by atoms with E-state index in [-0.39, 0.29) is 11.3 Å². The highest BCUT2D eigenvalue weighted by atomic mass is 16.5. The summed E-state index contributed by atoms with van der Waals surface area (Å²) in [5.74, 6) is 0.935. The average Bonchev–Trinajstić information content (AvgIpc) is 2.39. The second kappa shape index (κ2) is 5.35. The number of nitrogens with one attached hydrogen (secondary N) is 1. The molecule has 5 heteroatoms. The first-order valence-corrected chi connectivity index (χ1v) is 5.61. The van der Waals surface area contributed by atoms with Gasteiger partial charge in [-0.25, -0.2) is 4.98 Å². The Kier molecular flexibility index (Phi) is 3.62. The van der Waals surface area contributed by atoms with Crippen molar-refractivity contribution in [3.8, 4) is 22.8 Å². The lowest BCUT2D eigenvalue weighted by Crippen LogP contribution is -2.11. The Balaban J connectivity index is 2.51. The molecule has 0 saturated heterocycles. The van der Waals surface area contributed by atoms with Crippen LogP contribution in [-0.4, -0.2) is 23.7 Å². The molecule has 0 spiro atoms. The Labute approximate surface area is 104 Å². The molecule has 0 aliphatic heterocycles. The quantitative estimate of drug-likeness (QED) is 0.894. The molecule has 0 amide bonds. The number of hydrogen-bond donors (Lipinski definition) is 1. The van der Waals surface area contributed by atoms with Gasteiger partial charge in [-0.2, -0.15) is 0 Å². The van der Waals surface area contributed by atoms with Crippen LogP contribution in [0, 0.1) is 0 Å². The summed E-state index contributed by atoms with van der Waals surface area (Å²) in [5.41, 5.74) is 0.982. The highest BCUT2D eigenvalue weighted by Gasteiger charge is 2.11. The van der Waals surface area contributed by atoms with Crippen molar-refractivity contribution in [3.63, 3.8) is 0 Å². The Morgan fingerprint density at radius 2 is 2.22 bits per heavy atom. The van der Waals surface area contributed by atoms with E-state index in [2.05, 4.69) is 9.97 Å². The van der Waals surface area contributed by atoms with Crippen LogP contribution in [0.4, 0.5) is 0 Å². The zero-order valence-electron chi connectivity index (χ0n) is 10.3. The van der Waals surface area contributed by atoms with Gasteiger partial charge < -0.3 is 14.5 Å². The minimum atomic E-state index is -0.302. The fourth-order valence-electron chi connectivity index (χ4n) is 1.68. The maximum atomic E-state index is 11.6. The Morgan fingerprint density at radius 3 is 2.94 bits per heavy atom. The molecule has 0 bridgehead atoms. The van der Waals surface area contributed by atoms with Gasteiger partial charge in [0.15, 0.2) is 0 Å². The number of hydrogen-bond acceptors (Lipinski definition) is 4. The molecule has 94 valence electrons. The van der Waals surface area contributed by atoms with Crippen molar-refractivity contribution in [1.29, 1.82) is 0 Å². The summed E-state index contributed by atoms with van der Waals surface area (Å²) in [5, 5.41) is 0. The van der Waals surface area contributed by atoms with E-state index in [0.29, 0.717) is 12.3 Å². The van der Waals surface area contributed by atoms with Crippen molar-refractivity contribution in [3.05, 3.63) is 40.9 Å². The summed E-state index contributed by atoms with van der Waals surface area (Å²) in [6.45, 7) is 2.50. The first-order valence-electron chi connectivity index (χ1n) is 5.61. The van der Waals surface area contributed by atoms with Crippen molar-refractivity contribution in [2.24, 2.45) is 0 Å². The van der Waals surface area contributed by atoms with E-state index >= 15 is 0 Å². The number of nitrogens with zero attached hydrogens (tertiary/aromatic N) is 1. The summed E-state index contributed by atoms with van der Waals surface area (Å²) in [6, 6.07) is 7.38. The third-order valence-electron chi connectivity index (χ3n) is 2.43. The highest BCUT2D eigenvalue weighted by Crippen LogP contribution is 2.26. The van der Waals surface area contributed by atoms with Gasteiger partial charge in [0.2, 0.25) is 5.75 Å². The van der Waals surface area contributed by atoms with Crippen LogP contribution in [0.1, 0.15) is 6.92 Å². The van der Waals surface area contributed by atoms with Gasteiger partial charge in [-0.15, -0.1) is 0 Å². The van der Waals surface area contributed by atoms with Gasteiger partial charge in [0.05, 0.1) is 20.0 Å². The predicted octanol–water partition coefficient (Wildman–Crippen LogP) is 1.84. The minimum Gasteiger partial charge on any atom is -0.494 e. The predicted molar refractivity (Wildman–Crippen MR) is 68.0 cm³/mol. The molecule has 0 atom stereocenters. The van der Waals surface area contributed by atoms with Gasteiger partial charge in [-0.3, -0.25) is 4.79 Å². The maximum Gasteiger partial charge on any atom is 0.293 e. The minimum absolute atomic E-state index is 0.200. The van der Waals surface area contributed by atoms with Crippen LogP contribution in [0.5, 0.6) is 11.5 Å². The van der Waals surface area contributed by atoms with Crippen molar-refractivity contribution in [2.75, 3.05) is 13.7 Å². The lowest BCUT2D eigenvalue weighted by atomic mass is 10.1. The lowest BCUT2D eigenvalue weighted by Gasteiger charge is -2.08. The van der Waals surface area contributed by atoms with E-state index in [4.69, 9.17) is 9.47 Å². The molecule has 0 aliphatic rings. The van der Waals surface area contributed by atoms with Crippen LogP contribution in [0.3, 0.4) is 0 Å². The van der Waals surface area contributed by atoms with Crippen LogP contribution in [0.2, 0.25) is 0 Å². The summed E-state index contributed by atoms with van der Waals surface area (Å²) >= 11 is 0. The Bertz CT molecular complexity index is 593. The first-order chi connectivity index (χ1) is 8.76. The number of benzene rings is 1. The van der Waals surface area contributed by atoms with E-state index in [9.17, 15) is 4.79 Å². The molecular formula is C13H14N2O3. The van der Waals surface area contributed by atoms with Crippen LogP contribution >= 0.6 is 0 Å². The number of methoxy groups -OCH3 is 1. The molecule has 0 saturated carbocycles. The van der Waals surface area contributed by atoms with E-state index in [1.807, 2.05) is 31.2 Å². The van der Waals surface area contributed by atoms with E-state index in [0.717, 1.165) is 11.3 Å². The standard InChI is InChI=1S/C13H14N2O3/c1-3-18-10-6-4-5-9(7-10)11-12(17-2)13(16)15-8-14-11/h4-8H,3H2,1-2H3,(H,14,15,16). The van der Waals surface area contributed by atoms with Crippen molar-refractivity contribution >= 4 is 0 Å². The molecule has 2 aromatic rings. The molecule has 1 heterocycles. The first kappa shape index (κ1) is 12.2. The number of H-pyrrole nitrogens is 1. The van der Waals surface area contributed by atoms with Crippen LogP contribution in [-0.2, 0) is 0 Å². The van der Waals surface area contributed by atoms with Crippen LogP contribution in [0.15, 0.2) is 35.4 Å². The smallest absolute Gasteiger partial charge is 0.293 e. The molecule has 0 unspecified atom stereocenters. The molecule has 1 aromatic heterocycles. The molecule has 1 aromatic carbocycles. The van der Waals surface area contributed by atoms with Gasteiger partial charge in [0.25, 0.3) is 5.56 Å². The number of rotatable bonds is 4. The van der Waals surface area contributed by atoms with E-state index < -0.39 is 0 Å². The average molecular weight is 246 g/mol. The molecule has 1 N–H and O–H groups in total. The zero-order chi connectivity index (χ0) is 13.0. The molecule has 2 rings (SSSR count). The van der Waals surface area contributed by atoms with Crippen LogP contribution in [0.25, 0.3) is 11.3 Å². The van der Waals surface area contributed by atoms with Crippen LogP contribution < -0.4 is 15.0 Å². The Morgan fingerprint density at radius 1 is 1.39 bits per heavy atom. The summed E-state index contributed by atoms with van der Waals surface area (Å²) < 4.78 is 10.5. The van der Waals surface area contributed by atoms with Gasteiger partial charge in [0, 0.05) is 5.56 Å². The third kappa shape index (κ3) is 2.34. The van der Waals surface area contributed by atoms with Crippen molar-refractivity contribution in [2.45, 2.75) is 6.92 Å².